The van der Waals surface area contributed by atoms with Crippen molar-refractivity contribution < 1.29 is 28.7 Å². The maximum Gasteiger partial charge on any atom is 0.326 e. The van der Waals surface area contributed by atoms with Crippen LogP contribution in [-0.2, 0) is 14.3 Å². The third-order valence-electron chi connectivity index (χ3n) is 4.28. The highest BCUT2D eigenvalue weighted by Gasteiger charge is 2.37. The number of ether oxygens (including phenoxy) is 1. The lowest BCUT2D eigenvalue weighted by Gasteiger charge is -2.16. The molecule has 0 aromatic heterocycles. The Bertz CT molecular complexity index is 980. The highest BCUT2D eigenvalue weighted by molar-refractivity contribution is 6.22. The molecule has 0 bridgehead atoms. The van der Waals surface area contributed by atoms with Gasteiger partial charge < -0.3 is 15.8 Å². The van der Waals surface area contributed by atoms with Crippen molar-refractivity contribution in [2.75, 3.05) is 11.9 Å². The Morgan fingerprint density at radius 1 is 1.00 bits per heavy atom. The molecule has 1 aliphatic rings. The van der Waals surface area contributed by atoms with Gasteiger partial charge in [-0.1, -0.05) is 12.1 Å². The molecule has 0 aliphatic carbocycles. The number of rotatable bonds is 6. The van der Waals surface area contributed by atoms with E-state index in [2.05, 4.69) is 5.32 Å². The molecule has 4 amide bonds. The number of benzene rings is 2. The van der Waals surface area contributed by atoms with Gasteiger partial charge in [0.05, 0.1) is 11.1 Å². The molecule has 0 saturated heterocycles. The van der Waals surface area contributed by atoms with Crippen LogP contribution in [0.5, 0.6) is 0 Å². The van der Waals surface area contributed by atoms with Crippen molar-refractivity contribution in [3.8, 4) is 0 Å². The molecule has 9 heteroatoms. The maximum atomic E-state index is 12.3. The van der Waals surface area contributed by atoms with Gasteiger partial charge in [0.2, 0.25) is 5.91 Å². The summed E-state index contributed by atoms with van der Waals surface area (Å²) in [7, 11) is 0. The number of anilines is 1. The van der Waals surface area contributed by atoms with Gasteiger partial charge in [-0.05, 0) is 43.3 Å². The van der Waals surface area contributed by atoms with Crippen LogP contribution in [0.3, 0.4) is 0 Å². The van der Waals surface area contributed by atoms with Gasteiger partial charge >= 0.3 is 5.97 Å². The molecular formula is C20H17N3O6. The fraction of sp³-hybridized carbons (Fsp3) is 0.150. The van der Waals surface area contributed by atoms with E-state index >= 15 is 0 Å². The largest absolute Gasteiger partial charge is 0.451 e. The maximum absolute atomic E-state index is 12.3. The normalized spacial score (nSPS) is 13.6. The average Bonchev–Trinajstić information content (AvgIpc) is 2.93. The molecule has 0 saturated carbocycles. The minimum Gasteiger partial charge on any atom is -0.451 e. The second kappa shape index (κ2) is 7.93. The van der Waals surface area contributed by atoms with Crippen LogP contribution in [0.4, 0.5) is 5.69 Å². The molecule has 1 atom stereocenters. The van der Waals surface area contributed by atoms with E-state index in [1.807, 2.05) is 0 Å². The first-order chi connectivity index (χ1) is 13.8. The Balaban J connectivity index is 1.56. The smallest absolute Gasteiger partial charge is 0.326 e. The lowest BCUT2D eigenvalue weighted by atomic mass is 10.1. The molecule has 0 fully saturated rings. The number of carbonyl (C=O) groups excluding carboxylic acids is 5. The van der Waals surface area contributed by atoms with Crippen LogP contribution in [0.2, 0.25) is 0 Å². The van der Waals surface area contributed by atoms with Crippen LogP contribution in [0.15, 0.2) is 48.5 Å². The van der Waals surface area contributed by atoms with Crippen LogP contribution >= 0.6 is 0 Å². The summed E-state index contributed by atoms with van der Waals surface area (Å²) in [6.45, 7) is 0.755. The van der Waals surface area contributed by atoms with Crippen LogP contribution in [-0.4, -0.2) is 47.1 Å². The van der Waals surface area contributed by atoms with Crippen molar-refractivity contribution in [1.82, 2.24) is 4.90 Å². The van der Waals surface area contributed by atoms with E-state index < -0.39 is 42.2 Å². The van der Waals surface area contributed by atoms with Gasteiger partial charge in [0.15, 0.2) is 6.10 Å². The highest BCUT2D eigenvalue weighted by atomic mass is 16.5. The van der Waals surface area contributed by atoms with Crippen molar-refractivity contribution in [2.24, 2.45) is 5.73 Å². The summed E-state index contributed by atoms with van der Waals surface area (Å²) in [5, 5.41) is 2.52. The number of fused-ring (bicyclic) bond motifs is 1. The molecule has 0 spiro atoms. The van der Waals surface area contributed by atoms with Gasteiger partial charge in [0, 0.05) is 11.3 Å². The van der Waals surface area contributed by atoms with Gasteiger partial charge in [-0.3, -0.25) is 28.9 Å². The summed E-state index contributed by atoms with van der Waals surface area (Å²) in [5.41, 5.74) is 6.24. The number of esters is 1. The first-order valence-corrected chi connectivity index (χ1v) is 8.63. The van der Waals surface area contributed by atoms with Crippen LogP contribution < -0.4 is 11.1 Å². The lowest BCUT2D eigenvalue weighted by molar-refractivity contribution is -0.153. The lowest BCUT2D eigenvalue weighted by Crippen LogP contribution is -2.38. The first kappa shape index (κ1) is 19.7. The van der Waals surface area contributed by atoms with Gasteiger partial charge in [-0.15, -0.1) is 0 Å². The number of primary amides is 1. The second-order valence-electron chi connectivity index (χ2n) is 6.30. The Kier molecular flexibility index (Phi) is 5.40. The Hall–Kier alpha value is -4.01. The molecule has 29 heavy (non-hydrogen) atoms. The van der Waals surface area contributed by atoms with Crippen molar-refractivity contribution in [1.29, 1.82) is 0 Å². The monoisotopic (exact) mass is 395 g/mol. The summed E-state index contributed by atoms with van der Waals surface area (Å²) in [4.78, 5) is 60.7. The molecule has 2 aromatic rings. The fourth-order valence-corrected chi connectivity index (χ4v) is 2.76. The zero-order valence-electron chi connectivity index (χ0n) is 15.4. The van der Waals surface area contributed by atoms with E-state index in [0.717, 1.165) is 4.90 Å². The van der Waals surface area contributed by atoms with Crippen molar-refractivity contribution in [2.45, 2.75) is 13.0 Å². The Morgan fingerprint density at radius 3 is 2.07 bits per heavy atom. The quantitative estimate of drug-likeness (QED) is 0.552. The number of nitrogens with zero attached hydrogens (tertiary/aromatic N) is 1. The van der Waals surface area contributed by atoms with Crippen LogP contribution in [0.1, 0.15) is 38.0 Å². The number of hydrogen-bond donors (Lipinski definition) is 2. The Labute approximate surface area is 165 Å². The standard InChI is InChI=1S/C20H17N3O6/c1-11(18(26)22-13-8-6-12(7-9-13)17(21)25)29-16(24)10-23-19(27)14-4-2-3-5-15(14)20(23)28/h2-9,11H,10H2,1H3,(H2,21,25)(H,22,26). The summed E-state index contributed by atoms with van der Waals surface area (Å²) in [5.74, 6) is -3.29. The van der Waals surface area contributed by atoms with E-state index in [1.54, 1.807) is 12.1 Å². The third-order valence-corrected chi connectivity index (χ3v) is 4.28. The van der Waals surface area contributed by atoms with E-state index in [4.69, 9.17) is 10.5 Å². The minimum absolute atomic E-state index is 0.218. The molecule has 3 rings (SSSR count). The van der Waals surface area contributed by atoms with Gasteiger partial charge in [0.25, 0.3) is 17.7 Å². The molecule has 2 aromatic carbocycles. The number of amides is 4. The predicted octanol–water partition coefficient (Wildman–Crippen LogP) is 0.952. The summed E-state index contributed by atoms with van der Waals surface area (Å²) in [6, 6.07) is 12.1. The van der Waals surface area contributed by atoms with E-state index in [9.17, 15) is 24.0 Å². The van der Waals surface area contributed by atoms with Gasteiger partial charge in [-0.2, -0.15) is 0 Å². The second-order valence-corrected chi connectivity index (χ2v) is 6.30. The van der Waals surface area contributed by atoms with Crippen molar-refractivity contribution in [3.63, 3.8) is 0 Å². The molecule has 148 valence electrons. The predicted molar refractivity (Wildman–Crippen MR) is 101 cm³/mol. The molecular weight excluding hydrogens is 378 g/mol. The molecule has 1 unspecified atom stereocenters. The van der Waals surface area contributed by atoms with Crippen molar-refractivity contribution >= 4 is 35.3 Å². The summed E-state index contributed by atoms with van der Waals surface area (Å²) < 4.78 is 5.03. The Morgan fingerprint density at radius 2 is 1.55 bits per heavy atom. The SMILES string of the molecule is CC(OC(=O)CN1C(=O)c2ccccc2C1=O)C(=O)Nc1ccc(C(N)=O)cc1. The van der Waals surface area contributed by atoms with E-state index in [-0.39, 0.29) is 16.7 Å². The number of carbonyl (C=O) groups is 5. The van der Waals surface area contributed by atoms with E-state index in [0.29, 0.717) is 5.69 Å². The first-order valence-electron chi connectivity index (χ1n) is 8.63. The summed E-state index contributed by atoms with van der Waals surface area (Å²) in [6.07, 6.45) is -1.17. The number of nitrogens with two attached hydrogens (primary N) is 1. The molecule has 0 radical (unpaired) electrons. The fourth-order valence-electron chi connectivity index (χ4n) is 2.76. The third kappa shape index (κ3) is 4.13. The molecule has 1 heterocycles. The van der Waals surface area contributed by atoms with Crippen LogP contribution in [0, 0.1) is 0 Å². The minimum atomic E-state index is -1.17. The number of imide groups is 1. The molecule has 3 N–H and O–H groups in total. The summed E-state index contributed by atoms with van der Waals surface area (Å²) >= 11 is 0. The molecule has 1 aliphatic heterocycles. The zero-order chi connectivity index (χ0) is 21.1. The zero-order valence-corrected chi connectivity index (χ0v) is 15.4. The molecule has 9 nitrogen and oxygen atoms in total. The van der Waals surface area contributed by atoms with Crippen LogP contribution in [0.25, 0.3) is 0 Å². The van der Waals surface area contributed by atoms with Crippen molar-refractivity contribution in [3.05, 3.63) is 65.2 Å². The number of nitrogens with one attached hydrogen (secondary N) is 1. The topological polar surface area (TPSA) is 136 Å². The number of hydrogen-bond acceptors (Lipinski definition) is 6. The van der Waals surface area contributed by atoms with Gasteiger partial charge in [0.1, 0.15) is 6.54 Å². The average molecular weight is 395 g/mol. The van der Waals surface area contributed by atoms with E-state index in [1.165, 1.54) is 43.3 Å². The highest BCUT2D eigenvalue weighted by Crippen LogP contribution is 2.22. The van der Waals surface area contributed by atoms with Gasteiger partial charge in [-0.25, -0.2) is 0 Å².